The Bertz CT molecular complexity index is 1020. The zero-order chi connectivity index (χ0) is 20.3. The fourth-order valence-electron chi connectivity index (χ4n) is 3.15. The van der Waals surface area contributed by atoms with Crippen LogP contribution in [0.1, 0.15) is 15.9 Å². The van der Waals surface area contributed by atoms with E-state index in [1.807, 2.05) is 36.0 Å². The van der Waals surface area contributed by atoms with Gasteiger partial charge in [0.25, 0.3) is 0 Å². The number of aryl methyl sites for hydroxylation is 1. The van der Waals surface area contributed by atoms with Crippen molar-refractivity contribution in [1.82, 2.24) is 4.57 Å². The minimum atomic E-state index is -0.167. The first-order valence-electron chi connectivity index (χ1n) is 8.67. The number of allylic oxidation sites excluding steroid dienone is 1. The average molecular weight is 381 g/mol. The number of ketones is 1. The van der Waals surface area contributed by atoms with E-state index in [4.69, 9.17) is 18.9 Å². The van der Waals surface area contributed by atoms with Crippen LogP contribution in [0.4, 0.5) is 0 Å². The van der Waals surface area contributed by atoms with Crippen LogP contribution in [0.25, 0.3) is 17.0 Å². The molecule has 0 atom stereocenters. The highest BCUT2D eigenvalue weighted by Crippen LogP contribution is 2.38. The van der Waals surface area contributed by atoms with E-state index in [-0.39, 0.29) is 5.78 Å². The summed E-state index contributed by atoms with van der Waals surface area (Å²) in [5.74, 6) is 1.93. The molecule has 0 saturated carbocycles. The monoisotopic (exact) mass is 381 g/mol. The molecule has 0 aliphatic heterocycles. The molecule has 28 heavy (non-hydrogen) atoms. The second-order valence-corrected chi connectivity index (χ2v) is 6.19. The van der Waals surface area contributed by atoms with Crippen LogP contribution in [-0.4, -0.2) is 38.8 Å². The maximum absolute atomic E-state index is 12.7. The van der Waals surface area contributed by atoms with Crippen molar-refractivity contribution in [3.05, 3.63) is 53.7 Å². The lowest BCUT2D eigenvalue weighted by Gasteiger charge is -2.13. The number of carbonyl (C=O) groups excluding carboxylic acids is 1. The molecule has 6 heteroatoms. The van der Waals surface area contributed by atoms with Crippen LogP contribution in [0, 0.1) is 0 Å². The van der Waals surface area contributed by atoms with Crippen molar-refractivity contribution in [2.45, 2.75) is 0 Å². The Morgan fingerprint density at radius 1 is 0.929 bits per heavy atom. The molecule has 0 spiro atoms. The molecule has 0 saturated heterocycles. The molecular weight excluding hydrogens is 358 g/mol. The van der Waals surface area contributed by atoms with Crippen molar-refractivity contribution in [3.63, 3.8) is 0 Å². The summed E-state index contributed by atoms with van der Waals surface area (Å²) in [7, 11) is 8.16. The molecule has 0 aliphatic carbocycles. The van der Waals surface area contributed by atoms with Crippen LogP contribution in [0.2, 0.25) is 0 Å². The van der Waals surface area contributed by atoms with Crippen molar-refractivity contribution < 1.29 is 23.7 Å². The third kappa shape index (κ3) is 3.53. The first-order chi connectivity index (χ1) is 13.5. The normalized spacial score (nSPS) is 11.0. The molecule has 0 N–H and O–H groups in total. The molecule has 6 nitrogen and oxygen atoms in total. The summed E-state index contributed by atoms with van der Waals surface area (Å²) in [5.41, 5.74) is 2.43. The van der Waals surface area contributed by atoms with Crippen LogP contribution in [-0.2, 0) is 7.05 Å². The largest absolute Gasteiger partial charge is 0.497 e. The minimum Gasteiger partial charge on any atom is -0.497 e. The number of fused-ring (bicyclic) bond motifs is 1. The van der Waals surface area contributed by atoms with Gasteiger partial charge in [0, 0.05) is 35.3 Å². The Morgan fingerprint density at radius 2 is 1.61 bits per heavy atom. The van der Waals surface area contributed by atoms with Gasteiger partial charge in [0.2, 0.25) is 5.75 Å². The van der Waals surface area contributed by atoms with E-state index >= 15 is 0 Å². The van der Waals surface area contributed by atoms with Gasteiger partial charge in [-0.25, -0.2) is 0 Å². The smallest absolute Gasteiger partial charge is 0.203 e. The predicted molar refractivity (Wildman–Crippen MR) is 109 cm³/mol. The molecule has 0 amide bonds. The van der Waals surface area contributed by atoms with Gasteiger partial charge in [-0.15, -0.1) is 0 Å². The van der Waals surface area contributed by atoms with E-state index in [2.05, 4.69) is 0 Å². The lowest BCUT2D eigenvalue weighted by atomic mass is 10.1. The standard InChI is InChI=1S/C22H23NO5/c1-23-13-14(17-12-16(25-2)7-8-18(17)23)6-9-19(24)15-10-20(26-3)22(28-5)21(11-15)27-4/h6-13H,1-5H3/b9-6+. The lowest BCUT2D eigenvalue weighted by Crippen LogP contribution is -2.00. The van der Waals surface area contributed by atoms with E-state index in [0.717, 1.165) is 22.2 Å². The van der Waals surface area contributed by atoms with E-state index in [9.17, 15) is 4.79 Å². The van der Waals surface area contributed by atoms with Gasteiger partial charge in [-0.3, -0.25) is 4.79 Å². The summed E-state index contributed by atoms with van der Waals surface area (Å²) in [6.07, 6.45) is 5.31. The number of benzene rings is 2. The fraction of sp³-hybridized carbons (Fsp3) is 0.227. The second kappa shape index (κ2) is 8.08. The Balaban J connectivity index is 1.97. The Hall–Kier alpha value is -3.41. The van der Waals surface area contributed by atoms with Gasteiger partial charge in [-0.05, 0) is 42.5 Å². The quantitative estimate of drug-likeness (QED) is 0.455. The first-order valence-corrected chi connectivity index (χ1v) is 8.67. The Kier molecular flexibility index (Phi) is 5.59. The summed E-state index contributed by atoms with van der Waals surface area (Å²) in [4.78, 5) is 12.7. The number of carbonyl (C=O) groups is 1. The molecule has 1 aromatic heterocycles. The summed E-state index contributed by atoms with van der Waals surface area (Å²) in [6.45, 7) is 0. The summed E-state index contributed by atoms with van der Waals surface area (Å²) >= 11 is 0. The number of hydrogen-bond donors (Lipinski definition) is 0. The number of ether oxygens (including phenoxy) is 4. The maximum Gasteiger partial charge on any atom is 0.203 e. The van der Waals surface area contributed by atoms with Crippen LogP contribution in [0.5, 0.6) is 23.0 Å². The molecule has 0 aliphatic rings. The van der Waals surface area contributed by atoms with Crippen LogP contribution in [0.15, 0.2) is 42.6 Å². The summed E-state index contributed by atoms with van der Waals surface area (Å²) in [5, 5.41) is 1.01. The average Bonchev–Trinajstić information content (AvgIpc) is 3.05. The number of nitrogens with zero attached hydrogens (tertiary/aromatic N) is 1. The molecule has 2 aromatic carbocycles. The Morgan fingerprint density at radius 3 is 2.18 bits per heavy atom. The number of methoxy groups -OCH3 is 4. The highest BCUT2D eigenvalue weighted by molar-refractivity contribution is 6.08. The van der Waals surface area contributed by atoms with E-state index in [1.165, 1.54) is 27.4 Å². The Labute approximate surface area is 163 Å². The van der Waals surface area contributed by atoms with E-state index in [1.54, 1.807) is 25.3 Å². The molecule has 0 bridgehead atoms. The van der Waals surface area contributed by atoms with Gasteiger partial charge >= 0.3 is 0 Å². The van der Waals surface area contributed by atoms with Gasteiger partial charge in [0.15, 0.2) is 17.3 Å². The minimum absolute atomic E-state index is 0.167. The van der Waals surface area contributed by atoms with Gasteiger partial charge in [0.1, 0.15) is 5.75 Å². The molecule has 1 heterocycles. The molecule has 0 unspecified atom stereocenters. The highest BCUT2D eigenvalue weighted by atomic mass is 16.5. The van der Waals surface area contributed by atoms with Gasteiger partial charge in [-0.2, -0.15) is 0 Å². The number of aromatic nitrogens is 1. The zero-order valence-electron chi connectivity index (χ0n) is 16.6. The SMILES string of the molecule is COc1ccc2c(c1)c(/C=C/C(=O)c1cc(OC)c(OC)c(OC)c1)cn2C. The number of hydrogen-bond acceptors (Lipinski definition) is 5. The van der Waals surface area contributed by atoms with Crippen molar-refractivity contribution in [3.8, 4) is 23.0 Å². The van der Waals surface area contributed by atoms with Gasteiger partial charge in [0.05, 0.1) is 28.4 Å². The zero-order valence-corrected chi connectivity index (χ0v) is 16.6. The van der Waals surface area contributed by atoms with Crippen LogP contribution in [0.3, 0.4) is 0 Å². The molecule has 3 aromatic rings. The molecule has 3 rings (SSSR count). The summed E-state index contributed by atoms with van der Waals surface area (Å²) < 4.78 is 23.3. The first kappa shape index (κ1) is 19.4. The second-order valence-electron chi connectivity index (χ2n) is 6.19. The lowest BCUT2D eigenvalue weighted by molar-refractivity contribution is 0.104. The van der Waals surface area contributed by atoms with E-state index in [0.29, 0.717) is 22.8 Å². The maximum atomic E-state index is 12.7. The van der Waals surface area contributed by atoms with Crippen molar-refractivity contribution in [2.75, 3.05) is 28.4 Å². The molecule has 0 fully saturated rings. The topological polar surface area (TPSA) is 58.9 Å². The molecular formula is C22H23NO5. The van der Waals surface area contributed by atoms with Crippen LogP contribution >= 0.6 is 0 Å². The third-order valence-corrected chi connectivity index (χ3v) is 4.59. The highest BCUT2D eigenvalue weighted by Gasteiger charge is 2.16. The van der Waals surface area contributed by atoms with Crippen LogP contribution < -0.4 is 18.9 Å². The fourth-order valence-corrected chi connectivity index (χ4v) is 3.15. The van der Waals surface area contributed by atoms with Gasteiger partial charge in [-0.1, -0.05) is 0 Å². The molecule has 0 radical (unpaired) electrons. The summed E-state index contributed by atoms with van der Waals surface area (Å²) in [6, 6.07) is 9.14. The molecule has 146 valence electrons. The van der Waals surface area contributed by atoms with Crippen molar-refractivity contribution in [1.29, 1.82) is 0 Å². The number of rotatable bonds is 7. The van der Waals surface area contributed by atoms with E-state index < -0.39 is 0 Å². The van der Waals surface area contributed by atoms with Crippen molar-refractivity contribution in [2.24, 2.45) is 7.05 Å². The third-order valence-electron chi connectivity index (χ3n) is 4.59. The van der Waals surface area contributed by atoms with Gasteiger partial charge < -0.3 is 23.5 Å². The predicted octanol–water partition coefficient (Wildman–Crippen LogP) is 4.11. The van der Waals surface area contributed by atoms with Crippen molar-refractivity contribution >= 4 is 22.8 Å².